The second kappa shape index (κ2) is 6.75. The van der Waals surface area contributed by atoms with Crippen LogP contribution in [0.15, 0.2) is 22.7 Å². The third-order valence-electron chi connectivity index (χ3n) is 7.37. The van der Waals surface area contributed by atoms with Gasteiger partial charge in [-0.25, -0.2) is 0 Å². The summed E-state index contributed by atoms with van der Waals surface area (Å²) in [5, 5.41) is 7.43. The average molecular weight is 395 g/mol. The third-order valence-corrected chi connectivity index (χ3v) is 7.37. The molecule has 1 amide bonds. The topological polar surface area (TPSA) is 86.5 Å². The van der Waals surface area contributed by atoms with Crippen molar-refractivity contribution in [1.29, 1.82) is 0 Å². The summed E-state index contributed by atoms with van der Waals surface area (Å²) >= 11 is 0. The number of carbonyl (C=O) groups is 1. The molecule has 3 aliphatic carbocycles. The Morgan fingerprint density at radius 1 is 1.10 bits per heavy atom. The minimum Gasteiger partial charge on any atom is -0.454 e. The molecule has 1 aromatic carbocycles. The van der Waals surface area contributed by atoms with Crippen molar-refractivity contribution in [1.82, 2.24) is 15.5 Å². The lowest BCUT2D eigenvalue weighted by molar-refractivity contribution is -0.127. The van der Waals surface area contributed by atoms with Gasteiger partial charge in [0.2, 0.25) is 24.4 Å². The zero-order valence-electron chi connectivity index (χ0n) is 16.3. The van der Waals surface area contributed by atoms with Gasteiger partial charge in [-0.2, -0.15) is 4.98 Å². The summed E-state index contributed by atoms with van der Waals surface area (Å²) in [6, 6.07) is 5.65. The highest BCUT2D eigenvalue weighted by atomic mass is 16.7. The molecule has 7 heteroatoms. The smallest absolute Gasteiger partial charge is 0.231 e. The standard InChI is InChI=1S/C22H25N3O4/c26-21(23-10-12-2-1-3-12)18-13-4-5-14(8-13)19(18)22-24-20(25-29-22)15-6-7-16-17(9-15)28-11-27-16/h6-7,9,12-14,18-19H,1-5,8,10-11H2,(H,23,26)/t13-,14+,18-,19-/m0/s1. The second-order valence-corrected chi connectivity index (χ2v) is 8.95. The molecule has 0 spiro atoms. The highest BCUT2D eigenvalue weighted by Gasteiger charge is 2.53. The zero-order chi connectivity index (χ0) is 19.4. The van der Waals surface area contributed by atoms with Crippen molar-refractivity contribution in [2.45, 2.75) is 44.4 Å². The molecule has 152 valence electrons. The molecule has 4 atom stereocenters. The Balaban J connectivity index is 1.23. The van der Waals surface area contributed by atoms with E-state index in [4.69, 9.17) is 19.0 Å². The van der Waals surface area contributed by atoms with Crippen molar-refractivity contribution in [3.05, 3.63) is 24.1 Å². The van der Waals surface area contributed by atoms with Crippen LogP contribution in [0, 0.1) is 23.7 Å². The van der Waals surface area contributed by atoms with E-state index in [1.807, 2.05) is 18.2 Å². The first-order chi connectivity index (χ1) is 14.3. The van der Waals surface area contributed by atoms with Crippen LogP contribution in [0.5, 0.6) is 11.5 Å². The molecule has 4 aliphatic rings. The third kappa shape index (κ3) is 2.90. The molecular formula is C22H25N3O4. The first-order valence-corrected chi connectivity index (χ1v) is 10.8. The fraction of sp³-hybridized carbons (Fsp3) is 0.591. The Labute approximate surface area is 169 Å². The summed E-state index contributed by atoms with van der Waals surface area (Å²) in [6.45, 7) is 1.05. The molecule has 7 nitrogen and oxygen atoms in total. The van der Waals surface area contributed by atoms with E-state index in [2.05, 4.69) is 10.5 Å². The maximum absolute atomic E-state index is 13.0. The van der Waals surface area contributed by atoms with Crippen LogP contribution in [0.3, 0.4) is 0 Å². The van der Waals surface area contributed by atoms with E-state index in [-0.39, 0.29) is 24.5 Å². The number of nitrogens with one attached hydrogen (secondary N) is 1. The fourth-order valence-corrected chi connectivity index (χ4v) is 5.61. The van der Waals surface area contributed by atoms with E-state index in [1.165, 1.54) is 19.3 Å². The first kappa shape index (κ1) is 17.3. The number of nitrogens with zero attached hydrogens (tertiary/aromatic N) is 2. The van der Waals surface area contributed by atoms with Gasteiger partial charge in [0.05, 0.1) is 11.8 Å². The van der Waals surface area contributed by atoms with Gasteiger partial charge in [0, 0.05) is 12.1 Å². The molecule has 1 N–H and O–H groups in total. The molecule has 1 aliphatic heterocycles. The maximum Gasteiger partial charge on any atom is 0.231 e. The number of benzene rings is 1. The van der Waals surface area contributed by atoms with E-state index in [1.54, 1.807) is 0 Å². The summed E-state index contributed by atoms with van der Waals surface area (Å²) in [5.74, 6) is 4.30. The number of carbonyl (C=O) groups excluding carboxylic acids is 1. The first-order valence-electron chi connectivity index (χ1n) is 10.8. The van der Waals surface area contributed by atoms with E-state index in [0.29, 0.717) is 35.2 Å². The molecule has 0 unspecified atom stereocenters. The van der Waals surface area contributed by atoms with Crippen molar-refractivity contribution >= 4 is 5.91 Å². The number of ether oxygens (including phenoxy) is 2. The quantitative estimate of drug-likeness (QED) is 0.834. The lowest BCUT2D eigenvalue weighted by atomic mass is 9.78. The minimum absolute atomic E-state index is 0.0328. The molecule has 3 saturated carbocycles. The molecule has 3 fully saturated rings. The summed E-state index contributed by atoms with van der Waals surface area (Å²) in [6.07, 6.45) is 7.14. The minimum atomic E-state index is -0.0427. The van der Waals surface area contributed by atoms with Crippen LogP contribution in [-0.2, 0) is 4.79 Å². The summed E-state index contributed by atoms with van der Waals surface area (Å²) in [5.41, 5.74) is 0.832. The predicted octanol–water partition coefficient (Wildman–Crippen LogP) is 3.51. The maximum atomic E-state index is 13.0. The Hall–Kier alpha value is -2.57. The number of hydrogen-bond donors (Lipinski definition) is 1. The SMILES string of the molecule is O=C(NCC1CCC1)[C@H]1[C@H]2CC[C@H](C2)[C@@H]1c1nc(-c2ccc3c(c2)OCO3)no1. The fourth-order valence-electron chi connectivity index (χ4n) is 5.61. The van der Waals surface area contributed by atoms with E-state index >= 15 is 0 Å². The van der Waals surface area contributed by atoms with Crippen LogP contribution in [0.2, 0.25) is 0 Å². The summed E-state index contributed by atoms with van der Waals surface area (Å²) in [4.78, 5) is 17.7. The molecular weight excluding hydrogens is 370 g/mol. The Bertz CT molecular complexity index is 938. The van der Waals surface area contributed by atoms with Gasteiger partial charge in [-0.1, -0.05) is 11.6 Å². The normalized spacial score (nSPS) is 29.8. The van der Waals surface area contributed by atoms with Crippen LogP contribution in [0.25, 0.3) is 11.4 Å². The number of fused-ring (bicyclic) bond motifs is 3. The average Bonchev–Trinajstić information content (AvgIpc) is 3.48. The molecule has 2 heterocycles. The Kier molecular flexibility index (Phi) is 4.03. The Morgan fingerprint density at radius 3 is 2.83 bits per heavy atom. The molecule has 2 bridgehead atoms. The zero-order valence-corrected chi connectivity index (χ0v) is 16.3. The Morgan fingerprint density at radius 2 is 1.97 bits per heavy atom. The van der Waals surface area contributed by atoms with Crippen molar-refractivity contribution < 1.29 is 18.8 Å². The van der Waals surface area contributed by atoms with Gasteiger partial charge in [-0.05, 0) is 68.1 Å². The van der Waals surface area contributed by atoms with Crippen molar-refractivity contribution in [3.63, 3.8) is 0 Å². The lowest BCUT2D eigenvalue weighted by Gasteiger charge is -2.30. The van der Waals surface area contributed by atoms with Crippen LogP contribution >= 0.6 is 0 Å². The van der Waals surface area contributed by atoms with Gasteiger partial charge < -0.3 is 19.3 Å². The largest absolute Gasteiger partial charge is 0.454 e. The van der Waals surface area contributed by atoms with E-state index < -0.39 is 0 Å². The van der Waals surface area contributed by atoms with Gasteiger partial charge in [0.25, 0.3) is 0 Å². The van der Waals surface area contributed by atoms with Crippen LogP contribution in [-0.4, -0.2) is 29.4 Å². The number of amides is 1. The van der Waals surface area contributed by atoms with Gasteiger partial charge >= 0.3 is 0 Å². The summed E-state index contributed by atoms with van der Waals surface area (Å²) in [7, 11) is 0. The molecule has 29 heavy (non-hydrogen) atoms. The van der Waals surface area contributed by atoms with Crippen LogP contribution in [0.1, 0.15) is 50.3 Å². The molecule has 0 radical (unpaired) electrons. The number of aromatic nitrogens is 2. The highest BCUT2D eigenvalue weighted by Crippen LogP contribution is 2.56. The monoisotopic (exact) mass is 395 g/mol. The number of rotatable bonds is 5. The molecule has 1 aromatic heterocycles. The second-order valence-electron chi connectivity index (χ2n) is 8.95. The number of hydrogen-bond acceptors (Lipinski definition) is 6. The summed E-state index contributed by atoms with van der Waals surface area (Å²) < 4.78 is 16.5. The molecule has 6 rings (SSSR count). The van der Waals surface area contributed by atoms with Gasteiger partial charge in [-0.3, -0.25) is 4.79 Å². The van der Waals surface area contributed by atoms with Crippen LogP contribution in [0.4, 0.5) is 0 Å². The lowest BCUT2D eigenvalue weighted by Crippen LogP contribution is -2.40. The predicted molar refractivity (Wildman–Crippen MR) is 103 cm³/mol. The van der Waals surface area contributed by atoms with Gasteiger partial charge in [-0.15, -0.1) is 0 Å². The van der Waals surface area contributed by atoms with Crippen molar-refractivity contribution in [3.8, 4) is 22.9 Å². The van der Waals surface area contributed by atoms with Crippen molar-refractivity contribution in [2.75, 3.05) is 13.3 Å². The highest BCUT2D eigenvalue weighted by molar-refractivity contribution is 5.80. The molecule has 2 aromatic rings. The van der Waals surface area contributed by atoms with E-state index in [0.717, 1.165) is 37.1 Å². The van der Waals surface area contributed by atoms with Crippen LogP contribution < -0.4 is 14.8 Å². The van der Waals surface area contributed by atoms with E-state index in [9.17, 15) is 4.79 Å². The molecule has 0 saturated heterocycles. The van der Waals surface area contributed by atoms with Gasteiger partial charge in [0.1, 0.15) is 0 Å². The van der Waals surface area contributed by atoms with Gasteiger partial charge in [0.15, 0.2) is 11.5 Å². The van der Waals surface area contributed by atoms with Crippen molar-refractivity contribution in [2.24, 2.45) is 23.7 Å².